The summed E-state index contributed by atoms with van der Waals surface area (Å²) in [5.41, 5.74) is 8.04. The van der Waals surface area contributed by atoms with E-state index in [1.54, 1.807) is 24.2 Å². The lowest BCUT2D eigenvalue weighted by atomic mass is 9.84. The average Bonchev–Trinajstić information content (AvgIpc) is 2.26. The van der Waals surface area contributed by atoms with Crippen molar-refractivity contribution in [1.29, 1.82) is 0 Å². The molecule has 0 saturated carbocycles. The van der Waals surface area contributed by atoms with E-state index in [0.29, 0.717) is 0 Å². The lowest BCUT2D eigenvalue weighted by molar-refractivity contribution is -0.117. The molecule has 0 spiro atoms. The molecule has 0 aromatic carbocycles. The van der Waals surface area contributed by atoms with Crippen LogP contribution < -0.4 is 10.6 Å². The van der Waals surface area contributed by atoms with Gasteiger partial charge >= 0.3 is 0 Å². The van der Waals surface area contributed by atoms with E-state index in [4.69, 9.17) is 5.73 Å². The molecule has 0 radical (unpaired) electrons. The average molecular weight is 219 g/mol. The third kappa shape index (κ3) is 1.50. The Bertz CT molecular complexity index is 418. The molecule has 2 N–H and O–H groups in total. The maximum atomic E-state index is 11.7. The van der Waals surface area contributed by atoms with E-state index in [9.17, 15) is 4.79 Å². The van der Waals surface area contributed by atoms with E-state index in [0.717, 1.165) is 11.3 Å². The van der Waals surface area contributed by atoms with Crippen LogP contribution >= 0.6 is 0 Å². The van der Waals surface area contributed by atoms with Crippen molar-refractivity contribution >= 4 is 11.6 Å². The molecule has 0 bridgehead atoms. The fourth-order valence-corrected chi connectivity index (χ4v) is 2.37. The first-order chi connectivity index (χ1) is 7.54. The molecule has 4 heteroatoms. The molecule has 1 aromatic heterocycles. The molecule has 1 aliphatic heterocycles. The van der Waals surface area contributed by atoms with Crippen molar-refractivity contribution in [2.24, 2.45) is 11.7 Å². The fourth-order valence-electron chi connectivity index (χ4n) is 2.37. The topological polar surface area (TPSA) is 59.2 Å². The molecular formula is C12H17N3O. The molecule has 4 nitrogen and oxygen atoms in total. The highest BCUT2D eigenvalue weighted by molar-refractivity contribution is 5.93. The van der Waals surface area contributed by atoms with Gasteiger partial charge in [0.15, 0.2) is 0 Å². The monoisotopic (exact) mass is 219 g/mol. The van der Waals surface area contributed by atoms with E-state index < -0.39 is 0 Å². The molecule has 2 rings (SSSR count). The van der Waals surface area contributed by atoms with Gasteiger partial charge in [0.25, 0.3) is 0 Å². The molecule has 0 fully saturated rings. The second-order valence-corrected chi connectivity index (χ2v) is 4.45. The minimum Gasteiger partial charge on any atom is -0.324 e. The summed E-state index contributed by atoms with van der Waals surface area (Å²) in [7, 11) is 0. The van der Waals surface area contributed by atoms with Crippen LogP contribution in [0.15, 0.2) is 18.5 Å². The molecule has 2 heterocycles. The van der Waals surface area contributed by atoms with Crippen molar-refractivity contribution in [2.75, 3.05) is 4.90 Å². The molecule has 0 aliphatic carbocycles. The Morgan fingerprint density at radius 3 is 2.81 bits per heavy atom. The van der Waals surface area contributed by atoms with Gasteiger partial charge in [-0.25, -0.2) is 0 Å². The number of rotatable bonds is 0. The number of fused-ring (bicyclic) bond motifs is 1. The Balaban J connectivity index is 2.56. The van der Waals surface area contributed by atoms with Gasteiger partial charge in [-0.3, -0.25) is 9.78 Å². The number of anilines is 1. The van der Waals surface area contributed by atoms with Crippen molar-refractivity contribution in [1.82, 2.24) is 4.98 Å². The SMILES string of the molecule is CC(=O)N1c2cnccc2C(N)C(C)C1C. The van der Waals surface area contributed by atoms with E-state index in [1.165, 1.54) is 0 Å². The van der Waals surface area contributed by atoms with Crippen LogP contribution in [0, 0.1) is 5.92 Å². The van der Waals surface area contributed by atoms with Crippen LogP contribution in [-0.4, -0.2) is 16.9 Å². The standard InChI is InChI=1S/C12H17N3O/c1-7-8(2)15(9(3)16)11-6-14-5-4-10(11)12(7)13/h4-8,12H,13H2,1-3H3. The normalized spacial score (nSPS) is 28.8. The minimum absolute atomic E-state index is 0.0244. The molecule has 86 valence electrons. The van der Waals surface area contributed by atoms with Gasteiger partial charge in [0.05, 0.1) is 11.9 Å². The molecule has 3 atom stereocenters. The highest BCUT2D eigenvalue weighted by Crippen LogP contribution is 2.38. The molecule has 1 amide bonds. The molecule has 1 aromatic rings. The highest BCUT2D eigenvalue weighted by Gasteiger charge is 2.36. The summed E-state index contributed by atoms with van der Waals surface area (Å²) in [6.45, 7) is 5.69. The van der Waals surface area contributed by atoms with E-state index in [2.05, 4.69) is 11.9 Å². The molecule has 0 saturated heterocycles. The summed E-state index contributed by atoms with van der Waals surface area (Å²) in [5, 5.41) is 0. The van der Waals surface area contributed by atoms with Gasteiger partial charge in [-0.2, -0.15) is 0 Å². The van der Waals surface area contributed by atoms with Crippen LogP contribution in [0.25, 0.3) is 0 Å². The summed E-state index contributed by atoms with van der Waals surface area (Å²) in [6, 6.07) is 1.99. The zero-order chi connectivity index (χ0) is 11.9. The van der Waals surface area contributed by atoms with Gasteiger partial charge < -0.3 is 10.6 Å². The van der Waals surface area contributed by atoms with Crippen molar-refractivity contribution in [3.05, 3.63) is 24.0 Å². The first-order valence-electron chi connectivity index (χ1n) is 5.53. The summed E-state index contributed by atoms with van der Waals surface area (Å²) in [6.07, 6.45) is 3.44. The van der Waals surface area contributed by atoms with Crippen molar-refractivity contribution in [2.45, 2.75) is 32.9 Å². The number of pyridine rings is 1. The maximum absolute atomic E-state index is 11.7. The molecule has 3 unspecified atom stereocenters. The second-order valence-electron chi connectivity index (χ2n) is 4.45. The van der Waals surface area contributed by atoms with Crippen LogP contribution in [0.1, 0.15) is 32.4 Å². The smallest absolute Gasteiger partial charge is 0.224 e. The number of amides is 1. The van der Waals surface area contributed by atoms with Crippen LogP contribution in [0.2, 0.25) is 0 Å². The summed E-state index contributed by atoms with van der Waals surface area (Å²) < 4.78 is 0. The predicted molar refractivity (Wildman–Crippen MR) is 63.0 cm³/mol. The van der Waals surface area contributed by atoms with Gasteiger partial charge in [-0.05, 0) is 24.5 Å². The first-order valence-corrected chi connectivity index (χ1v) is 5.53. The number of carbonyl (C=O) groups is 1. The lowest BCUT2D eigenvalue weighted by Gasteiger charge is -2.41. The van der Waals surface area contributed by atoms with Gasteiger partial charge in [0.1, 0.15) is 0 Å². The Morgan fingerprint density at radius 2 is 2.19 bits per heavy atom. The van der Waals surface area contributed by atoms with E-state index in [-0.39, 0.29) is 23.9 Å². The number of aromatic nitrogens is 1. The van der Waals surface area contributed by atoms with Gasteiger partial charge in [0.2, 0.25) is 5.91 Å². The number of hydrogen-bond acceptors (Lipinski definition) is 3. The zero-order valence-corrected chi connectivity index (χ0v) is 9.84. The Kier molecular flexibility index (Phi) is 2.68. The quantitative estimate of drug-likeness (QED) is 0.719. The minimum atomic E-state index is -0.0244. The van der Waals surface area contributed by atoms with Crippen LogP contribution in [0.3, 0.4) is 0 Å². The zero-order valence-electron chi connectivity index (χ0n) is 9.84. The Morgan fingerprint density at radius 1 is 1.50 bits per heavy atom. The largest absolute Gasteiger partial charge is 0.324 e. The third-order valence-electron chi connectivity index (χ3n) is 3.53. The number of nitrogens with two attached hydrogens (primary N) is 1. The van der Waals surface area contributed by atoms with Crippen molar-refractivity contribution in [3.63, 3.8) is 0 Å². The van der Waals surface area contributed by atoms with Crippen molar-refractivity contribution < 1.29 is 4.79 Å². The predicted octanol–water partition coefficient (Wildman–Crippen LogP) is 1.47. The van der Waals surface area contributed by atoms with Gasteiger partial charge in [-0.1, -0.05) is 6.92 Å². The lowest BCUT2D eigenvalue weighted by Crippen LogP contribution is -2.48. The summed E-state index contributed by atoms with van der Waals surface area (Å²) >= 11 is 0. The maximum Gasteiger partial charge on any atom is 0.224 e. The van der Waals surface area contributed by atoms with Crippen LogP contribution in [0.4, 0.5) is 5.69 Å². The van der Waals surface area contributed by atoms with Crippen molar-refractivity contribution in [3.8, 4) is 0 Å². The van der Waals surface area contributed by atoms with Crippen LogP contribution in [0.5, 0.6) is 0 Å². The molecule has 1 aliphatic rings. The first kappa shape index (κ1) is 11.1. The number of nitrogens with zero attached hydrogens (tertiary/aromatic N) is 2. The number of carbonyl (C=O) groups excluding carboxylic acids is 1. The second kappa shape index (κ2) is 3.87. The van der Waals surface area contributed by atoms with Crippen LogP contribution in [-0.2, 0) is 4.79 Å². The molecular weight excluding hydrogens is 202 g/mol. The highest BCUT2D eigenvalue weighted by atomic mass is 16.2. The fraction of sp³-hybridized carbons (Fsp3) is 0.500. The number of hydrogen-bond donors (Lipinski definition) is 1. The Labute approximate surface area is 95.5 Å². The van der Waals surface area contributed by atoms with E-state index >= 15 is 0 Å². The van der Waals surface area contributed by atoms with Gasteiger partial charge in [-0.15, -0.1) is 0 Å². The summed E-state index contributed by atoms with van der Waals surface area (Å²) in [4.78, 5) is 17.5. The Hall–Kier alpha value is -1.42. The molecule has 16 heavy (non-hydrogen) atoms. The third-order valence-corrected chi connectivity index (χ3v) is 3.53. The van der Waals surface area contributed by atoms with Gasteiger partial charge in [0, 0.05) is 25.2 Å². The summed E-state index contributed by atoms with van der Waals surface area (Å²) in [5.74, 6) is 0.291. The van der Waals surface area contributed by atoms with E-state index in [1.807, 2.05) is 13.0 Å².